The van der Waals surface area contributed by atoms with E-state index >= 15 is 0 Å². The van der Waals surface area contributed by atoms with Crippen molar-refractivity contribution >= 4 is 17.8 Å². The molecule has 0 aliphatic carbocycles. The number of hydrogen-bond donors (Lipinski definition) is 3. The normalized spacial score (nSPS) is 21.3. The van der Waals surface area contributed by atoms with E-state index in [1.54, 1.807) is 0 Å². The quantitative estimate of drug-likeness (QED) is 0.598. The molecule has 0 aromatic rings. The van der Waals surface area contributed by atoms with Crippen LogP contribution in [0.2, 0.25) is 0 Å². The molecule has 0 bridgehead atoms. The van der Waals surface area contributed by atoms with Gasteiger partial charge in [-0.2, -0.15) is 0 Å². The summed E-state index contributed by atoms with van der Waals surface area (Å²) in [6, 6.07) is -0.816. The average molecular weight is 228 g/mol. The highest BCUT2D eigenvalue weighted by molar-refractivity contribution is 5.83. The van der Waals surface area contributed by atoms with Gasteiger partial charge >= 0.3 is 5.97 Å². The zero-order valence-corrected chi connectivity index (χ0v) is 9.16. The van der Waals surface area contributed by atoms with Crippen LogP contribution in [0.5, 0.6) is 0 Å². The topological polar surface area (TPSA) is 95.5 Å². The number of amides is 2. The monoisotopic (exact) mass is 228 g/mol. The zero-order valence-electron chi connectivity index (χ0n) is 9.16. The Morgan fingerprint density at radius 1 is 1.62 bits per heavy atom. The predicted molar refractivity (Wildman–Crippen MR) is 55.6 cm³/mol. The Hall–Kier alpha value is -1.59. The molecule has 1 aliphatic heterocycles. The van der Waals surface area contributed by atoms with Crippen LogP contribution in [0.25, 0.3) is 0 Å². The molecule has 2 atom stereocenters. The van der Waals surface area contributed by atoms with Gasteiger partial charge in [0.2, 0.25) is 11.8 Å². The van der Waals surface area contributed by atoms with E-state index in [9.17, 15) is 14.4 Å². The third kappa shape index (κ3) is 3.88. The van der Waals surface area contributed by atoms with Gasteiger partial charge in [-0.05, 0) is 19.8 Å². The molecule has 0 aromatic heterocycles. The van der Waals surface area contributed by atoms with Gasteiger partial charge < -0.3 is 15.7 Å². The molecule has 6 heteroatoms. The molecule has 90 valence electrons. The van der Waals surface area contributed by atoms with Crippen molar-refractivity contribution in [2.75, 3.05) is 0 Å². The predicted octanol–water partition coefficient (Wildman–Crippen LogP) is -0.365. The highest BCUT2D eigenvalue weighted by Crippen LogP contribution is 2.11. The lowest BCUT2D eigenvalue weighted by Gasteiger charge is -2.11. The first-order chi connectivity index (χ1) is 7.49. The van der Waals surface area contributed by atoms with E-state index in [-0.39, 0.29) is 24.3 Å². The second-order valence-electron chi connectivity index (χ2n) is 3.97. The molecule has 1 aliphatic rings. The van der Waals surface area contributed by atoms with Crippen LogP contribution in [0, 0.1) is 0 Å². The van der Waals surface area contributed by atoms with Crippen LogP contribution < -0.4 is 10.6 Å². The molecular weight excluding hydrogens is 212 g/mol. The molecule has 0 spiro atoms. The molecular formula is C10H16N2O4. The Morgan fingerprint density at radius 2 is 2.31 bits per heavy atom. The van der Waals surface area contributed by atoms with Crippen molar-refractivity contribution in [1.29, 1.82) is 0 Å². The summed E-state index contributed by atoms with van der Waals surface area (Å²) in [7, 11) is 0. The highest BCUT2D eigenvalue weighted by Gasteiger charge is 2.21. The van der Waals surface area contributed by atoms with Gasteiger partial charge in [0.05, 0.1) is 0 Å². The maximum Gasteiger partial charge on any atom is 0.325 e. The summed E-state index contributed by atoms with van der Waals surface area (Å²) in [4.78, 5) is 32.7. The van der Waals surface area contributed by atoms with E-state index in [1.807, 2.05) is 0 Å². The van der Waals surface area contributed by atoms with Crippen molar-refractivity contribution in [3.05, 3.63) is 0 Å². The molecule has 1 heterocycles. The van der Waals surface area contributed by atoms with Crippen LogP contribution >= 0.6 is 0 Å². The van der Waals surface area contributed by atoms with E-state index in [4.69, 9.17) is 5.11 Å². The molecule has 0 aromatic carbocycles. The maximum absolute atomic E-state index is 11.3. The molecule has 16 heavy (non-hydrogen) atoms. The van der Waals surface area contributed by atoms with Crippen molar-refractivity contribution in [1.82, 2.24) is 10.6 Å². The number of nitrogens with one attached hydrogen (secondary N) is 2. The molecule has 1 fully saturated rings. The number of carbonyl (C=O) groups excluding carboxylic acids is 2. The average Bonchev–Trinajstić information content (AvgIpc) is 2.61. The van der Waals surface area contributed by atoms with Crippen molar-refractivity contribution in [3.8, 4) is 0 Å². The van der Waals surface area contributed by atoms with Crippen LogP contribution in [-0.4, -0.2) is 35.0 Å². The Bertz CT molecular complexity index is 303. The van der Waals surface area contributed by atoms with E-state index in [1.165, 1.54) is 6.92 Å². The van der Waals surface area contributed by atoms with Gasteiger partial charge in [-0.15, -0.1) is 0 Å². The minimum atomic E-state index is -1.05. The first-order valence-electron chi connectivity index (χ1n) is 5.30. The lowest BCUT2D eigenvalue weighted by molar-refractivity contribution is -0.141. The second kappa shape index (κ2) is 5.48. The van der Waals surface area contributed by atoms with E-state index in [0.29, 0.717) is 12.8 Å². The molecule has 0 saturated carbocycles. The van der Waals surface area contributed by atoms with Crippen LogP contribution in [-0.2, 0) is 14.4 Å². The fourth-order valence-corrected chi connectivity index (χ4v) is 1.57. The summed E-state index contributed by atoms with van der Waals surface area (Å²) < 4.78 is 0. The SMILES string of the molecule is C[C@H](NC(=O)CCC1CCC(=O)N1)C(=O)O. The largest absolute Gasteiger partial charge is 0.480 e. The summed E-state index contributed by atoms with van der Waals surface area (Å²) in [6.45, 7) is 1.41. The molecule has 6 nitrogen and oxygen atoms in total. The highest BCUT2D eigenvalue weighted by atomic mass is 16.4. The first kappa shape index (κ1) is 12.5. The fraction of sp³-hybridized carbons (Fsp3) is 0.700. The minimum absolute atomic E-state index is 0.0179. The number of aliphatic carboxylic acids is 1. The van der Waals surface area contributed by atoms with E-state index < -0.39 is 12.0 Å². The Balaban J connectivity index is 2.20. The van der Waals surface area contributed by atoms with Gasteiger partial charge in [0.1, 0.15) is 6.04 Å². The second-order valence-corrected chi connectivity index (χ2v) is 3.97. The third-order valence-corrected chi connectivity index (χ3v) is 2.55. The number of carboxylic acid groups (broad SMARTS) is 1. The van der Waals surface area contributed by atoms with Gasteiger partial charge in [-0.25, -0.2) is 0 Å². The van der Waals surface area contributed by atoms with E-state index in [2.05, 4.69) is 10.6 Å². The standard InChI is InChI=1S/C10H16N2O4/c1-6(10(15)16)11-8(13)4-2-7-3-5-9(14)12-7/h6-7H,2-5H2,1H3,(H,11,13)(H,12,14)(H,15,16)/t6-,7?/m0/s1. The number of rotatable bonds is 5. The summed E-state index contributed by atoms with van der Waals surface area (Å²) in [5.74, 6) is -1.33. The summed E-state index contributed by atoms with van der Waals surface area (Å²) in [5.41, 5.74) is 0. The number of hydrogen-bond acceptors (Lipinski definition) is 3. The smallest absolute Gasteiger partial charge is 0.325 e. The third-order valence-electron chi connectivity index (χ3n) is 2.55. The van der Waals surface area contributed by atoms with Crippen molar-refractivity contribution < 1.29 is 19.5 Å². The number of carboxylic acids is 1. The first-order valence-corrected chi connectivity index (χ1v) is 5.30. The van der Waals surface area contributed by atoms with Crippen molar-refractivity contribution in [2.45, 2.75) is 44.7 Å². The van der Waals surface area contributed by atoms with Gasteiger partial charge in [-0.1, -0.05) is 0 Å². The van der Waals surface area contributed by atoms with Crippen LogP contribution in [0.15, 0.2) is 0 Å². The lowest BCUT2D eigenvalue weighted by atomic mass is 10.1. The van der Waals surface area contributed by atoms with Gasteiger partial charge in [0, 0.05) is 18.9 Å². The molecule has 3 N–H and O–H groups in total. The minimum Gasteiger partial charge on any atom is -0.480 e. The Kier molecular flexibility index (Phi) is 4.28. The van der Waals surface area contributed by atoms with Gasteiger partial charge in [-0.3, -0.25) is 14.4 Å². The van der Waals surface area contributed by atoms with Crippen LogP contribution in [0.4, 0.5) is 0 Å². The van der Waals surface area contributed by atoms with Crippen LogP contribution in [0.3, 0.4) is 0 Å². The summed E-state index contributed by atoms with van der Waals surface area (Å²) in [6.07, 6.45) is 2.06. The summed E-state index contributed by atoms with van der Waals surface area (Å²) in [5, 5.41) is 13.7. The number of carbonyl (C=O) groups is 3. The molecule has 1 unspecified atom stereocenters. The van der Waals surface area contributed by atoms with Gasteiger partial charge in [0.25, 0.3) is 0 Å². The van der Waals surface area contributed by atoms with Crippen LogP contribution in [0.1, 0.15) is 32.6 Å². The molecule has 0 radical (unpaired) electrons. The molecule has 2 amide bonds. The van der Waals surface area contributed by atoms with Crippen molar-refractivity contribution in [3.63, 3.8) is 0 Å². The van der Waals surface area contributed by atoms with Gasteiger partial charge in [0.15, 0.2) is 0 Å². The lowest BCUT2D eigenvalue weighted by Crippen LogP contribution is -2.39. The fourth-order valence-electron chi connectivity index (χ4n) is 1.57. The Labute approximate surface area is 93.4 Å². The van der Waals surface area contributed by atoms with Crippen molar-refractivity contribution in [2.24, 2.45) is 0 Å². The maximum atomic E-state index is 11.3. The molecule has 1 rings (SSSR count). The molecule has 1 saturated heterocycles. The summed E-state index contributed by atoms with van der Waals surface area (Å²) >= 11 is 0. The van der Waals surface area contributed by atoms with E-state index in [0.717, 1.165) is 6.42 Å². The Morgan fingerprint density at radius 3 is 2.81 bits per heavy atom. The zero-order chi connectivity index (χ0) is 12.1.